The van der Waals surface area contributed by atoms with E-state index in [9.17, 15) is 9.59 Å². The number of ether oxygens (including phenoxy) is 1. The lowest BCUT2D eigenvalue weighted by atomic mass is 9.91. The van der Waals surface area contributed by atoms with Crippen molar-refractivity contribution in [3.63, 3.8) is 0 Å². The fourth-order valence-electron chi connectivity index (χ4n) is 5.54. The van der Waals surface area contributed by atoms with Crippen molar-refractivity contribution in [3.05, 3.63) is 87.9 Å². The zero-order chi connectivity index (χ0) is 28.6. The summed E-state index contributed by atoms with van der Waals surface area (Å²) < 4.78 is 8.64. The molecule has 1 amide bonds. The molecule has 1 saturated carbocycles. The SMILES string of the molecule is CC(C)(CN=[N+]=[N-])OC(=O)n1cc2c(n1)CCC(N(C(=O)c1cccc3c1cnn3Cc1cccnc1)C1CC1)C2. The van der Waals surface area contributed by atoms with Crippen LogP contribution >= 0.6 is 0 Å². The van der Waals surface area contributed by atoms with Gasteiger partial charge in [0.05, 0.1) is 36.1 Å². The van der Waals surface area contributed by atoms with E-state index >= 15 is 0 Å². The van der Waals surface area contributed by atoms with E-state index in [1.165, 1.54) is 4.68 Å². The minimum atomic E-state index is -0.958. The van der Waals surface area contributed by atoms with Gasteiger partial charge in [0, 0.05) is 41.0 Å². The number of fused-ring (bicyclic) bond motifs is 2. The first-order chi connectivity index (χ1) is 19.8. The van der Waals surface area contributed by atoms with Crippen molar-refractivity contribution in [1.29, 1.82) is 0 Å². The van der Waals surface area contributed by atoms with Crippen LogP contribution in [0.25, 0.3) is 21.3 Å². The van der Waals surface area contributed by atoms with Gasteiger partial charge in [0.1, 0.15) is 5.60 Å². The quantitative estimate of drug-likeness (QED) is 0.172. The Morgan fingerprint density at radius 1 is 1.17 bits per heavy atom. The molecule has 3 aromatic heterocycles. The lowest BCUT2D eigenvalue weighted by molar-refractivity contribution is 0.0441. The van der Waals surface area contributed by atoms with Crippen LogP contribution < -0.4 is 0 Å². The molecule has 0 saturated heterocycles. The van der Waals surface area contributed by atoms with E-state index in [4.69, 9.17) is 10.3 Å². The van der Waals surface area contributed by atoms with Gasteiger partial charge < -0.3 is 9.64 Å². The topological polar surface area (TPSA) is 144 Å². The van der Waals surface area contributed by atoms with Gasteiger partial charge in [-0.05, 0) is 80.8 Å². The summed E-state index contributed by atoms with van der Waals surface area (Å²) in [7, 11) is 0. The molecule has 210 valence electrons. The average Bonchev–Trinajstić information content (AvgIpc) is 3.56. The predicted octanol–water partition coefficient (Wildman–Crippen LogP) is 4.91. The fourth-order valence-corrected chi connectivity index (χ4v) is 5.54. The lowest BCUT2D eigenvalue weighted by Gasteiger charge is -2.34. The van der Waals surface area contributed by atoms with E-state index < -0.39 is 11.7 Å². The Balaban J connectivity index is 1.22. The number of nitrogens with zero attached hydrogens (tertiary/aromatic N) is 9. The highest BCUT2D eigenvalue weighted by Gasteiger charge is 2.40. The molecule has 0 N–H and O–H groups in total. The van der Waals surface area contributed by atoms with Crippen molar-refractivity contribution in [2.45, 2.75) is 70.2 Å². The van der Waals surface area contributed by atoms with Crippen LogP contribution in [0.5, 0.6) is 0 Å². The minimum Gasteiger partial charge on any atom is -0.442 e. The van der Waals surface area contributed by atoms with Gasteiger partial charge in [-0.25, -0.2) is 4.79 Å². The molecule has 6 rings (SSSR count). The Morgan fingerprint density at radius 2 is 2.02 bits per heavy atom. The Bertz CT molecular complexity index is 1650. The summed E-state index contributed by atoms with van der Waals surface area (Å²) in [5, 5.41) is 13.4. The van der Waals surface area contributed by atoms with Gasteiger partial charge in [0.2, 0.25) is 0 Å². The number of azide groups is 1. The highest BCUT2D eigenvalue weighted by atomic mass is 16.6. The average molecular weight is 554 g/mol. The molecule has 4 aromatic rings. The number of rotatable bonds is 8. The maximum atomic E-state index is 14.1. The Kier molecular flexibility index (Phi) is 6.92. The number of hydrogen-bond acceptors (Lipinski definition) is 7. The van der Waals surface area contributed by atoms with Gasteiger partial charge in [-0.2, -0.15) is 14.9 Å². The molecule has 2 aliphatic rings. The molecule has 0 aliphatic heterocycles. The van der Waals surface area contributed by atoms with Crippen molar-refractivity contribution in [3.8, 4) is 0 Å². The van der Waals surface area contributed by atoms with Crippen LogP contribution in [0.1, 0.15) is 60.3 Å². The number of amides is 1. The lowest BCUT2D eigenvalue weighted by Crippen LogP contribution is -2.44. The molecule has 1 atom stereocenters. The number of hydrogen-bond donors (Lipinski definition) is 0. The molecular formula is C29H31N9O3. The Hall–Kier alpha value is -4.70. The van der Waals surface area contributed by atoms with Gasteiger partial charge in [-0.15, -0.1) is 0 Å². The zero-order valence-corrected chi connectivity index (χ0v) is 23.1. The number of carbonyl (C=O) groups is 2. The van der Waals surface area contributed by atoms with Crippen LogP contribution in [0, 0.1) is 0 Å². The molecular weight excluding hydrogens is 522 g/mol. The van der Waals surface area contributed by atoms with Crippen molar-refractivity contribution in [2.24, 2.45) is 5.11 Å². The van der Waals surface area contributed by atoms with Gasteiger partial charge in [-0.1, -0.05) is 17.2 Å². The van der Waals surface area contributed by atoms with Crippen LogP contribution in [0.4, 0.5) is 4.79 Å². The zero-order valence-electron chi connectivity index (χ0n) is 23.1. The summed E-state index contributed by atoms with van der Waals surface area (Å²) in [5.74, 6) is 0.0130. The molecule has 1 unspecified atom stereocenters. The number of aromatic nitrogens is 5. The van der Waals surface area contributed by atoms with Crippen LogP contribution in [0.15, 0.2) is 60.2 Å². The van der Waals surface area contributed by atoms with Crippen LogP contribution in [0.3, 0.4) is 0 Å². The number of benzene rings is 1. The minimum absolute atomic E-state index is 0.00160. The maximum Gasteiger partial charge on any atom is 0.435 e. The summed E-state index contributed by atoms with van der Waals surface area (Å²) in [5.41, 5.74) is 12.0. The summed E-state index contributed by atoms with van der Waals surface area (Å²) in [6.45, 7) is 3.95. The van der Waals surface area contributed by atoms with E-state index in [2.05, 4.69) is 30.1 Å². The Morgan fingerprint density at radius 3 is 2.78 bits per heavy atom. The molecule has 0 radical (unpaired) electrons. The first-order valence-corrected chi connectivity index (χ1v) is 13.8. The first-order valence-electron chi connectivity index (χ1n) is 13.8. The number of aryl methyl sites for hydroxylation is 1. The maximum absolute atomic E-state index is 14.1. The van der Waals surface area contributed by atoms with E-state index in [0.29, 0.717) is 24.9 Å². The van der Waals surface area contributed by atoms with Crippen molar-refractivity contribution in [2.75, 3.05) is 6.54 Å². The van der Waals surface area contributed by atoms with Crippen molar-refractivity contribution in [1.82, 2.24) is 29.4 Å². The monoisotopic (exact) mass is 553 g/mol. The smallest absolute Gasteiger partial charge is 0.435 e. The van der Waals surface area contributed by atoms with Crippen LogP contribution in [-0.2, 0) is 24.1 Å². The largest absolute Gasteiger partial charge is 0.442 e. The molecule has 2 aliphatic carbocycles. The van der Waals surface area contributed by atoms with Crippen LogP contribution in [0.2, 0.25) is 0 Å². The standard InChI is InChI=1S/C29H31N9O3/c1-29(2,18-32-35-30)41-28(40)37-17-20-13-22(10-11-25(20)34-37)38(21-8-9-21)27(39)23-6-3-7-26-24(23)15-33-36(26)16-19-5-4-12-31-14-19/h3-7,12,14-15,17,21-22H,8-11,13,16,18H2,1-2H3. The molecule has 1 aromatic carbocycles. The van der Waals surface area contributed by atoms with Crippen LogP contribution in [-0.4, -0.2) is 65.7 Å². The third-order valence-corrected chi connectivity index (χ3v) is 7.65. The summed E-state index contributed by atoms with van der Waals surface area (Å²) in [6.07, 6.45) is 10.4. The summed E-state index contributed by atoms with van der Waals surface area (Å²) in [6, 6.07) is 9.91. The van der Waals surface area contributed by atoms with Crippen molar-refractivity contribution < 1.29 is 14.3 Å². The Labute approximate surface area is 236 Å². The molecule has 0 spiro atoms. The van der Waals surface area contributed by atoms with Gasteiger partial charge in [0.25, 0.3) is 5.91 Å². The molecule has 12 heteroatoms. The second-order valence-electron chi connectivity index (χ2n) is 11.3. The molecule has 12 nitrogen and oxygen atoms in total. The van der Waals surface area contributed by atoms with Gasteiger partial charge in [0.15, 0.2) is 0 Å². The second kappa shape index (κ2) is 10.7. The third-order valence-electron chi connectivity index (χ3n) is 7.65. The normalized spacial score (nSPS) is 16.6. The van der Waals surface area contributed by atoms with E-state index in [1.807, 2.05) is 41.2 Å². The van der Waals surface area contributed by atoms with Gasteiger partial charge >= 0.3 is 6.09 Å². The summed E-state index contributed by atoms with van der Waals surface area (Å²) >= 11 is 0. The molecule has 3 heterocycles. The molecule has 1 fully saturated rings. The number of pyridine rings is 1. The van der Waals surface area contributed by atoms with E-state index in [1.54, 1.807) is 32.4 Å². The van der Waals surface area contributed by atoms with Crippen molar-refractivity contribution >= 4 is 22.9 Å². The highest BCUT2D eigenvalue weighted by Crippen LogP contribution is 2.36. The predicted molar refractivity (Wildman–Crippen MR) is 150 cm³/mol. The van der Waals surface area contributed by atoms with E-state index in [0.717, 1.165) is 47.0 Å². The van der Waals surface area contributed by atoms with E-state index in [-0.39, 0.29) is 24.5 Å². The summed E-state index contributed by atoms with van der Waals surface area (Å²) in [4.78, 5) is 35.9. The number of carbonyl (C=O) groups excluding carboxylic acids is 2. The highest BCUT2D eigenvalue weighted by molar-refractivity contribution is 6.06. The molecule has 0 bridgehead atoms. The molecule has 41 heavy (non-hydrogen) atoms. The fraction of sp³-hybridized carbons (Fsp3) is 0.414. The van der Waals surface area contributed by atoms with Gasteiger partial charge in [-0.3, -0.25) is 14.5 Å². The second-order valence-corrected chi connectivity index (χ2v) is 11.3. The first kappa shape index (κ1) is 26.5. The third kappa shape index (κ3) is 5.51.